The van der Waals surface area contributed by atoms with Crippen molar-refractivity contribution in [3.63, 3.8) is 0 Å². The minimum absolute atomic E-state index is 0.0786. The first-order chi connectivity index (χ1) is 13.1. The van der Waals surface area contributed by atoms with Crippen molar-refractivity contribution in [2.24, 2.45) is 5.92 Å². The maximum atomic E-state index is 12.8. The van der Waals surface area contributed by atoms with Crippen molar-refractivity contribution < 1.29 is 14.3 Å². The fraction of sp³-hybridized carbons (Fsp3) is 0.444. The Labute approximate surface area is 166 Å². The molecule has 1 aliphatic rings. The summed E-state index contributed by atoms with van der Waals surface area (Å²) in [5, 5.41) is 12.5. The van der Waals surface area contributed by atoms with Crippen LogP contribution in [0.5, 0.6) is 0 Å². The molecule has 0 spiro atoms. The molecule has 0 aliphatic heterocycles. The van der Waals surface area contributed by atoms with Gasteiger partial charge in [-0.25, -0.2) is 4.79 Å². The second kappa shape index (κ2) is 9.61. The smallest absolute Gasteiger partial charge is 0.408 e. The predicted octanol–water partition coefficient (Wildman–Crippen LogP) is 4.01. The highest BCUT2D eigenvalue weighted by molar-refractivity contribution is 7.73. The van der Waals surface area contributed by atoms with Crippen molar-refractivity contribution in [1.29, 1.82) is 0 Å². The van der Waals surface area contributed by atoms with Crippen LogP contribution in [0.25, 0.3) is 0 Å². The fourth-order valence-corrected chi connectivity index (χ4v) is 4.02. The van der Waals surface area contributed by atoms with Gasteiger partial charge in [0, 0.05) is 0 Å². The minimum Gasteiger partial charge on any atom is -0.445 e. The molecule has 1 heterocycles. The van der Waals surface area contributed by atoms with E-state index in [1.165, 1.54) is 11.3 Å². The first-order valence-corrected chi connectivity index (χ1v) is 10.2. The number of carbonyl (C=O) groups excluding carboxylic acids is 2. The lowest BCUT2D eigenvalue weighted by Crippen LogP contribution is -2.49. The van der Waals surface area contributed by atoms with Crippen LogP contribution >= 0.6 is 23.6 Å². The largest absolute Gasteiger partial charge is 0.445 e. The van der Waals surface area contributed by atoms with E-state index in [4.69, 9.17) is 17.0 Å². The van der Waals surface area contributed by atoms with Crippen molar-refractivity contribution in [2.45, 2.75) is 44.8 Å². The Morgan fingerprint density at radius 2 is 2.00 bits per heavy atom. The number of benzene rings is 1. The highest BCUT2D eigenvalue weighted by Crippen LogP contribution is 2.27. The molecule has 27 heavy (non-hydrogen) atoms. The Kier molecular flexibility index (Phi) is 6.94. The van der Waals surface area contributed by atoms with Crippen molar-refractivity contribution in [3.05, 3.63) is 39.8 Å². The lowest BCUT2D eigenvalue weighted by atomic mass is 9.83. The molecular weight excluding hydrogens is 384 g/mol. The highest BCUT2D eigenvalue weighted by Gasteiger charge is 2.32. The first kappa shape index (κ1) is 19.5. The number of hydrogen-bond acceptors (Lipinski definition) is 6. The van der Waals surface area contributed by atoms with Gasteiger partial charge in [0.1, 0.15) is 12.6 Å². The maximum Gasteiger partial charge on any atom is 0.408 e. The van der Waals surface area contributed by atoms with E-state index in [2.05, 4.69) is 20.8 Å². The lowest BCUT2D eigenvalue weighted by Gasteiger charge is -2.29. The van der Waals surface area contributed by atoms with Gasteiger partial charge in [-0.2, -0.15) is 0 Å². The zero-order chi connectivity index (χ0) is 19.1. The molecule has 2 aromatic rings. The lowest BCUT2D eigenvalue weighted by molar-refractivity contribution is -0.119. The summed E-state index contributed by atoms with van der Waals surface area (Å²) in [6, 6.07) is 8.76. The number of amides is 2. The summed E-state index contributed by atoms with van der Waals surface area (Å²) in [5.41, 5.74) is 0.891. The summed E-state index contributed by atoms with van der Waals surface area (Å²) in [7, 11) is 0. The molecule has 1 saturated carbocycles. The summed E-state index contributed by atoms with van der Waals surface area (Å²) in [4.78, 5) is 25.0. The quantitative estimate of drug-likeness (QED) is 0.630. The second-order valence-corrected chi connectivity index (χ2v) is 8.16. The minimum atomic E-state index is -0.661. The molecule has 1 aliphatic carbocycles. The monoisotopic (exact) mass is 406 g/mol. The molecule has 144 valence electrons. The van der Waals surface area contributed by atoms with Crippen molar-refractivity contribution in [3.8, 4) is 0 Å². The number of carbonyl (C=O) groups is 2. The molecule has 1 atom stereocenters. The molecule has 0 saturated heterocycles. The highest BCUT2D eigenvalue weighted by atomic mass is 32.1. The summed E-state index contributed by atoms with van der Waals surface area (Å²) in [5.74, 6) is -0.216. The summed E-state index contributed by atoms with van der Waals surface area (Å²) >= 11 is 6.17. The molecule has 0 radical (unpaired) electrons. The predicted molar refractivity (Wildman–Crippen MR) is 106 cm³/mol. The number of nitrogens with zero attached hydrogens (tertiary/aromatic N) is 1. The Balaban J connectivity index is 1.62. The molecule has 1 aromatic carbocycles. The number of ether oxygens (including phenoxy) is 1. The van der Waals surface area contributed by atoms with Gasteiger partial charge >= 0.3 is 6.09 Å². The van der Waals surface area contributed by atoms with Crippen molar-refractivity contribution in [2.75, 3.05) is 5.32 Å². The van der Waals surface area contributed by atoms with Gasteiger partial charge in [0.05, 0.1) is 0 Å². The van der Waals surface area contributed by atoms with Crippen molar-refractivity contribution >= 4 is 40.7 Å². The number of rotatable bonds is 6. The van der Waals surface area contributed by atoms with E-state index >= 15 is 0 Å². The van der Waals surface area contributed by atoms with Gasteiger partial charge in [0.2, 0.25) is 11.0 Å². The fourth-order valence-electron chi connectivity index (χ4n) is 3.22. The number of aromatic amines is 1. The molecule has 0 bridgehead atoms. The zero-order valence-electron chi connectivity index (χ0n) is 14.8. The van der Waals surface area contributed by atoms with Crippen LogP contribution in [-0.2, 0) is 16.1 Å². The Hall–Kier alpha value is -2.26. The van der Waals surface area contributed by atoms with Crippen LogP contribution in [0.3, 0.4) is 0 Å². The van der Waals surface area contributed by atoms with E-state index in [0.717, 1.165) is 37.7 Å². The van der Waals surface area contributed by atoms with Crippen LogP contribution in [0.1, 0.15) is 37.7 Å². The second-order valence-electron chi connectivity index (χ2n) is 6.49. The standard InChI is InChI=1S/C18H22N4O3S2/c23-15(20-16-21-22-18(26)27-16)14(13-9-5-2-6-10-13)19-17(24)25-11-12-7-3-1-4-8-12/h1,3-4,7-8,13-14H,2,5-6,9-11H2,(H,19,24)(H,22,26)(H,20,21,23). The normalized spacial score (nSPS) is 15.7. The zero-order valence-corrected chi connectivity index (χ0v) is 16.4. The van der Waals surface area contributed by atoms with Crippen LogP contribution in [0.2, 0.25) is 0 Å². The van der Waals surface area contributed by atoms with E-state index < -0.39 is 12.1 Å². The maximum absolute atomic E-state index is 12.8. The average Bonchev–Trinajstić information content (AvgIpc) is 3.10. The molecule has 1 fully saturated rings. The number of H-pyrrole nitrogens is 1. The van der Waals surface area contributed by atoms with Gasteiger partial charge in [-0.15, -0.1) is 5.10 Å². The third-order valence-corrected chi connectivity index (χ3v) is 5.56. The number of hydrogen-bond donors (Lipinski definition) is 3. The van der Waals surface area contributed by atoms with E-state index in [-0.39, 0.29) is 18.4 Å². The average molecular weight is 407 g/mol. The van der Waals surface area contributed by atoms with Crippen LogP contribution in [0.4, 0.5) is 9.93 Å². The van der Waals surface area contributed by atoms with Crippen LogP contribution in [-0.4, -0.2) is 28.2 Å². The van der Waals surface area contributed by atoms with E-state index in [1.54, 1.807) is 0 Å². The van der Waals surface area contributed by atoms with Crippen LogP contribution < -0.4 is 10.6 Å². The Morgan fingerprint density at radius 3 is 2.67 bits per heavy atom. The Bertz CT molecular complexity index is 815. The SMILES string of the molecule is O=C(NC(C(=O)Nc1n[nH]c(=S)s1)C1CCCCC1)OCc1ccccc1. The molecule has 1 aromatic heterocycles. The van der Waals surface area contributed by atoms with Gasteiger partial charge in [0.15, 0.2) is 3.95 Å². The van der Waals surface area contributed by atoms with Crippen molar-refractivity contribution in [1.82, 2.24) is 15.5 Å². The molecular formula is C18H22N4O3S2. The van der Waals surface area contributed by atoms with Crippen LogP contribution in [0.15, 0.2) is 30.3 Å². The van der Waals surface area contributed by atoms with E-state index in [1.807, 2.05) is 30.3 Å². The van der Waals surface area contributed by atoms with Gasteiger partial charge in [0.25, 0.3) is 0 Å². The molecule has 3 rings (SSSR count). The van der Waals surface area contributed by atoms with Gasteiger partial charge in [-0.1, -0.05) is 60.9 Å². The third-order valence-electron chi connectivity index (χ3n) is 4.56. The molecule has 3 N–H and O–H groups in total. The molecule has 7 nitrogen and oxygen atoms in total. The molecule has 1 unspecified atom stereocenters. The summed E-state index contributed by atoms with van der Waals surface area (Å²) in [6.45, 7) is 0.159. The van der Waals surface area contributed by atoms with Gasteiger partial charge < -0.3 is 10.1 Å². The number of aromatic nitrogens is 2. The number of alkyl carbamates (subject to hydrolysis) is 1. The van der Waals surface area contributed by atoms with E-state index in [0.29, 0.717) is 9.09 Å². The van der Waals surface area contributed by atoms with Crippen LogP contribution in [0, 0.1) is 9.87 Å². The van der Waals surface area contributed by atoms with Gasteiger partial charge in [-0.3, -0.25) is 15.2 Å². The number of anilines is 1. The number of nitrogens with one attached hydrogen (secondary N) is 3. The summed E-state index contributed by atoms with van der Waals surface area (Å²) < 4.78 is 5.77. The van der Waals surface area contributed by atoms with E-state index in [9.17, 15) is 9.59 Å². The summed E-state index contributed by atoms with van der Waals surface area (Å²) in [6.07, 6.45) is 4.46. The Morgan fingerprint density at radius 1 is 1.26 bits per heavy atom. The topological polar surface area (TPSA) is 96.1 Å². The molecule has 2 amide bonds. The first-order valence-electron chi connectivity index (χ1n) is 8.95. The third kappa shape index (κ3) is 5.86. The van der Waals surface area contributed by atoms with Gasteiger partial charge in [-0.05, 0) is 36.5 Å². The molecule has 9 heteroatoms.